The molecular formula is C21H32O4. The smallest absolute Gasteiger partial charge is 0.330 e. The Balaban J connectivity index is 1.93. The van der Waals surface area contributed by atoms with E-state index in [-0.39, 0.29) is 16.8 Å². The van der Waals surface area contributed by atoms with E-state index in [4.69, 9.17) is 9.47 Å². The van der Waals surface area contributed by atoms with Crippen molar-refractivity contribution in [2.75, 3.05) is 14.2 Å². The molecule has 4 nitrogen and oxygen atoms in total. The SMILES string of the molecule is COC(=O)/C=C1/CCC2C(CC[C@@]3(C)C2CC[C@@H]3OC)[C@@]1(C)CC=O. The first-order chi connectivity index (χ1) is 11.9. The first kappa shape index (κ1) is 18.6. The molecule has 3 rings (SSSR count). The Labute approximate surface area is 151 Å². The summed E-state index contributed by atoms with van der Waals surface area (Å²) in [5, 5.41) is 0. The van der Waals surface area contributed by atoms with Gasteiger partial charge in [-0.15, -0.1) is 0 Å². The second-order valence-electron chi connectivity index (χ2n) is 8.74. The summed E-state index contributed by atoms with van der Waals surface area (Å²) >= 11 is 0. The van der Waals surface area contributed by atoms with E-state index in [1.807, 2.05) is 7.11 Å². The van der Waals surface area contributed by atoms with Gasteiger partial charge in [0, 0.05) is 19.6 Å². The molecule has 0 aromatic heterocycles. The van der Waals surface area contributed by atoms with E-state index in [1.54, 1.807) is 6.08 Å². The molecule has 0 spiro atoms. The third-order valence-corrected chi connectivity index (χ3v) is 7.93. The number of aldehydes is 1. The van der Waals surface area contributed by atoms with E-state index >= 15 is 0 Å². The minimum Gasteiger partial charge on any atom is -0.466 e. The van der Waals surface area contributed by atoms with Crippen LogP contribution < -0.4 is 0 Å². The summed E-state index contributed by atoms with van der Waals surface area (Å²) in [7, 11) is 3.26. The number of fused-ring (bicyclic) bond motifs is 3. The van der Waals surface area contributed by atoms with Crippen molar-refractivity contribution in [2.45, 2.75) is 64.9 Å². The fraction of sp³-hybridized carbons (Fsp3) is 0.810. The van der Waals surface area contributed by atoms with Gasteiger partial charge in [0.2, 0.25) is 0 Å². The highest BCUT2D eigenvalue weighted by molar-refractivity contribution is 5.83. The van der Waals surface area contributed by atoms with Crippen LogP contribution in [0, 0.1) is 28.6 Å². The summed E-state index contributed by atoms with van der Waals surface area (Å²) in [4.78, 5) is 23.3. The quantitative estimate of drug-likeness (QED) is 0.439. The standard InChI is InChI=1S/C21H32O4/c1-20(11-12-22)14(13-19(23)25-4)5-6-15-16-7-8-18(24-3)21(16,2)10-9-17(15)20/h12-13,15-18H,5-11H2,1-4H3/b14-13-/t15?,16?,17?,18-,20-,21-/m0/s1. The molecule has 3 aliphatic rings. The average Bonchev–Trinajstić information content (AvgIpc) is 2.94. The van der Waals surface area contributed by atoms with E-state index in [9.17, 15) is 9.59 Å². The Bertz CT molecular complexity index is 568. The molecule has 140 valence electrons. The number of rotatable bonds is 4. The van der Waals surface area contributed by atoms with Gasteiger partial charge in [-0.05, 0) is 67.1 Å². The lowest BCUT2D eigenvalue weighted by Crippen LogP contribution is -2.50. The monoisotopic (exact) mass is 348 g/mol. The van der Waals surface area contributed by atoms with Crippen LogP contribution in [0.5, 0.6) is 0 Å². The third kappa shape index (κ3) is 2.87. The number of ether oxygens (including phenoxy) is 2. The lowest BCUT2D eigenvalue weighted by Gasteiger charge is -2.56. The number of esters is 1. The van der Waals surface area contributed by atoms with Crippen molar-refractivity contribution in [3.05, 3.63) is 11.6 Å². The largest absolute Gasteiger partial charge is 0.466 e. The predicted octanol–water partition coefficient (Wildman–Crippen LogP) is 3.93. The number of hydrogen-bond acceptors (Lipinski definition) is 4. The van der Waals surface area contributed by atoms with Crippen molar-refractivity contribution >= 4 is 12.3 Å². The molecule has 0 saturated heterocycles. The maximum atomic E-state index is 11.8. The minimum atomic E-state index is -0.300. The molecule has 0 N–H and O–H groups in total. The molecule has 25 heavy (non-hydrogen) atoms. The lowest BCUT2D eigenvalue weighted by atomic mass is 9.48. The molecule has 0 aromatic carbocycles. The predicted molar refractivity (Wildman–Crippen MR) is 96.0 cm³/mol. The molecule has 6 atom stereocenters. The van der Waals surface area contributed by atoms with E-state index in [0.29, 0.717) is 30.3 Å². The third-order valence-electron chi connectivity index (χ3n) is 7.93. The van der Waals surface area contributed by atoms with Crippen LogP contribution in [0.3, 0.4) is 0 Å². The zero-order valence-electron chi connectivity index (χ0n) is 16.0. The number of hydrogen-bond donors (Lipinski definition) is 0. The summed E-state index contributed by atoms with van der Waals surface area (Å²) in [6.45, 7) is 4.60. The lowest BCUT2D eigenvalue weighted by molar-refractivity contribution is -0.135. The van der Waals surface area contributed by atoms with Gasteiger partial charge in [0.1, 0.15) is 6.29 Å². The molecule has 4 heteroatoms. The topological polar surface area (TPSA) is 52.6 Å². The van der Waals surface area contributed by atoms with Crippen LogP contribution in [-0.4, -0.2) is 32.6 Å². The fourth-order valence-electron chi connectivity index (χ4n) is 6.56. The zero-order valence-corrected chi connectivity index (χ0v) is 16.0. The van der Waals surface area contributed by atoms with Crippen LogP contribution in [0.2, 0.25) is 0 Å². The van der Waals surface area contributed by atoms with Crippen LogP contribution in [-0.2, 0) is 19.1 Å². The van der Waals surface area contributed by atoms with Gasteiger partial charge in [-0.2, -0.15) is 0 Å². The molecule has 0 aliphatic heterocycles. The maximum absolute atomic E-state index is 11.8. The van der Waals surface area contributed by atoms with Gasteiger partial charge >= 0.3 is 5.97 Å². The second kappa shape index (κ2) is 6.86. The Morgan fingerprint density at radius 3 is 2.56 bits per heavy atom. The van der Waals surface area contributed by atoms with Gasteiger partial charge in [0.15, 0.2) is 0 Å². The molecular weight excluding hydrogens is 316 g/mol. The number of allylic oxidation sites excluding steroid dienone is 1. The summed E-state index contributed by atoms with van der Waals surface area (Å²) in [5.41, 5.74) is 1.16. The highest BCUT2D eigenvalue weighted by Crippen LogP contribution is 2.64. The highest BCUT2D eigenvalue weighted by atomic mass is 16.5. The van der Waals surface area contributed by atoms with Gasteiger partial charge < -0.3 is 14.3 Å². The Morgan fingerprint density at radius 1 is 1.16 bits per heavy atom. The zero-order chi connectivity index (χ0) is 18.2. The molecule has 0 amide bonds. The van der Waals surface area contributed by atoms with Crippen LogP contribution in [0.1, 0.15) is 58.8 Å². The minimum absolute atomic E-state index is 0.217. The van der Waals surface area contributed by atoms with Crippen LogP contribution in [0.15, 0.2) is 11.6 Å². The van der Waals surface area contributed by atoms with Gasteiger partial charge in [-0.3, -0.25) is 0 Å². The Kier molecular flexibility index (Phi) is 5.11. The van der Waals surface area contributed by atoms with E-state index in [2.05, 4.69) is 13.8 Å². The first-order valence-corrected chi connectivity index (χ1v) is 9.66. The van der Waals surface area contributed by atoms with Crippen LogP contribution in [0.4, 0.5) is 0 Å². The molecule has 3 saturated carbocycles. The van der Waals surface area contributed by atoms with E-state index < -0.39 is 0 Å². The second-order valence-corrected chi connectivity index (χ2v) is 8.74. The molecule has 0 aromatic rings. The number of carbonyl (C=O) groups excluding carboxylic acids is 2. The molecule has 0 bridgehead atoms. The van der Waals surface area contributed by atoms with Crippen molar-refractivity contribution in [2.24, 2.45) is 28.6 Å². The van der Waals surface area contributed by atoms with E-state index in [0.717, 1.165) is 44.0 Å². The van der Waals surface area contributed by atoms with Gasteiger partial charge in [0.05, 0.1) is 13.2 Å². The molecule has 3 fully saturated rings. The summed E-state index contributed by atoms with van der Waals surface area (Å²) < 4.78 is 10.7. The summed E-state index contributed by atoms with van der Waals surface area (Å²) in [6, 6.07) is 0. The Morgan fingerprint density at radius 2 is 1.92 bits per heavy atom. The fourth-order valence-corrected chi connectivity index (χ4v) is 6.56. The van der Waals surface area contributed by atoms with Gasteiger partial charge in [-0.1, -0.05) is 19.4 Å². The first-order valence-electron chi connectivity index (χ1n) is 9.66. The molecule has 0 radical (unpaired) electrons. The molecule has 0 heterocycles. The average molecular weight is 348 g/mol. The number of carbonyl (C=O) groups is 2. The van der Waals surface area contributed by atoms with E-state index in [1.165, 1.54) is 13.5 Å². The number of methoxy groups -OCH3 is 2. The van der Waals surface area contributed by atoms with Crippen molar-refractivity contribution in [3.63, 3.8) is 0 Å². The van der Waals surface area contributed by atoms with Crippen molar-refractivity contribution in [1.82, 2.24) is 0 Å². The highest BCUT2D eigenvalue weighted by Gasteiger charge is 2.58. The van der Waals surface area contributed by atoms with Crippen molar-refractivity contribution in [1.29, 1.82) is 0 Å². The van der Waals surface area contributed by atoms with Crippen molar-refractivity contribution in [3.8, 4) is 0 Å². The van der Waals surface area contributed by atoms with Crippen LogP contribution in [0.25, 0.3) is 0 Å². The Hall–Kier alpha value is -1.16. The van der Waals surface area contributed by atoms with Gasteiger partial charge in [-0.25, -0.2) is 4.79 Å². The maximum Gasteiger partial charge on any atom is 0.330 e. The van der Waals surface area contributed by atoms with Gasteiger partial charge in [0.25, 0.3) is 0 Å². The summed E-state index contributed by atoms with van der Waals surface area (Å²) in [5.74, 6) is 1.46. The normalized spacial score (nSPS) is 44.9. The van der Waals surface area contributed by atoms with Crippen LogP contribution >= 0.6 is 0 Å². The molecule has 3 aliphatic carbocycles. The summed E-state index contributed by atoms with van der Waals surface area (Å²) in [6.07, 6.45) is 10.2. The van der Waals surface area contributed by atoms with Crippen molar-refractivity contribution < 1.29 is 19.1 Å². The molecule has 3 unspecified atom stereocenters.